The number of ether oxygens (including phenoxy) is 1. The molecule has 1 fully saturated rings. The van der Waals surface area contributed by atoms with Crippen molar-refractivity contribution >= 4 is 28.9 Å². The number of aromatic amines is 1. The normalized spacial score (nSPS) is 20.8. The molecule has 9 nitrogen and oxygen atoms in total. The van der Waals surface area contributed by atoms with Crippen molar-refractivity contribution in [2.45, 2.75) is 45.4 Å². The number of hydrogen-bond acceptors (Lipinski definition) is 6. The van der Waals surface area contributed by atoms with Crippen molar-refractivity contribution in [1.82, 2.24) is 20.3 Å². The van der Waals surface area contributed by atoms with Gasteiger partial charge in [0.15, 0.2) is 0 Å². The molecule has 3 heterocycles. The van der Waals surface area contributed by atoms with Crippen LogP contribution in [0.2, 0.25) is 0 Å². The second kappa shape index (κ2) is 6.81. The molecule has 26 heavy (non-hydrogen) atoms. The summed E-state index contributed by atoms with van der Waals surface area (Å²) in [5.41, 5.74) is 0.0462. The molecule has 2 unspecified atom stereocenters. The maximum atomic E-state index is 12.2. The zero-order valence-corrected chi connectivity index (χ0v) is 15.0. The monoisotopic (exact) mass is 361 g/mol. The van der Waals surface area contributed by atoms with Gasteiger partial charge in [0.1, 0.15) is 29.6 Å². The molecule has 0 aromatic carbocycles. The van der Waals surface area contributed by atoms with Crippen molar-refractivity contribution in [3.63, 3.8) is 0 Å². The zero-order valence-electron chi connectivity index (χ0n) is 15.0. The Morgan fingerprint density at radius 1 is 1.38 bits per heavy atom. The lowest BCUT2D eigenvalue weighted by molar-refractivity contribution is -0.142. The number of aliphatic carboxylic acids is 1. The van der Waals surface area contributed by atoms with Crippen LogP contribution in [0.4, 0.5) is 10.6 Å². The summed E-state index contributed by atoms with van der Waals surface area (Å²) in [6.07, 6.45) is 2.83. The number of nitrogens with zero attached hydrogens (tertiary/aromatic N) is 3. The maximum Gasteiger partial charge on any atom is 0.409 e. The average Bonchev–Trinajstić information content (AvgIpc) is 3.01. The number of nitrogens with one attached hydrogen (secondary N) is 2. The van der Waals surface area contributed by atoms with E-state index in [-0.39, 0.29) is 6.42 Å². The predicted octanol–water partition coefficient (Wildman–Crippen LogP) is 2.11. The van der Waals surface area contributed by atoms with Crippen LogP contribution in [0.5, 0.6) is 0 Å². The van der Waals surface area contributed by atoms with Crippen LogP contribution in [0.25, 0.3) is 11.0 Å². The smallest absolute Gasteiger partial charge is 0.409 e. The molecule has 1 aliphatic rings. The quantitative estimate of drug-likeness (QED) is 0.765. The molecule has 9 heteroatoms. The number of fused-ring (bicyclic) bond motifs is 1. The van der Waals surface area contributed by atoms with E-state index in [2.05, 4.69) is 20.3 Å². The first-order valence-electron chi connectivity index (χ1n) is 8.51. The molecule has 1 amide bonds. The molecule has 0 radical (unpaired) electrons. The van der Waals surface area contributed by atoms with E-state index in [1.165, 1.54) is 6.33 Å². The molecule has 0 spiro atoms. The summed E-state index contributed by atoms with van der Waals surface area (Å²) >= 11 is 0. The molecule has 0 aliphatic carbocycles. The molecule has 140 valence electrons. The molecular formula is C17H23N5O4. The van der Waals surface area contributed by atoms with Crippen LogP contribution < -0.4 is 10.2 Å². The van der Waals surface area contributed by atoms with Crippen molar-refractivity contribution in [2.24, 2.45) is 5.92 Å². The van der Waals surface area contributed by atoms with Gasteiger partial charge >= 0.3 is 12.1 Å². The predicted molar refractivity (Wildman–Crippen MR) is 94.8 cm³/mol. The van der Waals surface area contributed by atoms with E-state index >= 15 is 0 Å². The van der Waals surface area contributed by atoms with Crippen molar-refractivity contribution in [2.75, 3.05) is 11.4 Å². The number of carboxylic acids is 1. The van der Waals surface area contributed by atoms with Gasteiger partial charge in [0.25, 0.3) is 0 Å². The zero-order chi connectivity index (χ0) is 18.9. The molecule has 3 rings (SSSR count). The van der Waals surface area contributed by atoms with Crippen LogP contribution in [0, 0.1) is 5.92 Å². The standard InChI is InChI=1S/C17H23N5O4/c1-17(2,3)26-16(25)21-12-8-10(15(23)24)5-7-22(12)14-11-4-6-18-13(11)19-9-20-14/h4,6,9-10,12H,5,7-8H2,1-3H3,(H,21,25)(H,23,24)(H,18,19,20). The molecule has 3 N–H and O–H groups in total. The number of anilines is 1. The maximum absolute atomic E-state index is 12.2. The minimum atomic E-state index is -0.866. The Morgan fingerprint density at radius 3 is 2.85 bits per heavy atom. The summed E-state index contributed by atoms with van der Waals surface area (Å²) in [5, 5.41) is 13.0. The molecule has 0 saturated carbocycles. The van der Waals surface area contributed by atoms with Gasteiger partial charge in [-0.25, -0.2) is 14.8 Å². The Morgan fingerprint density at radius 2 is 2.15 bits per heavy atom. The number of carbonyl (C=O) groups excluding carboxylic acids is 1. The van der Waals surface area contributed by atoms with E-state index in [9.17, 15) is 14.7 Å². The Kier molecular flexibility index (Phi) is 4.71. The van der Waals surface area contributed by atoms with Crippen molar-refractivity contribution in [3.05, 3.63) is 18.6 Å². The third-order valence-corrected chi connectivity index (χ3v) is 4.24. The third kappa shape index (κ3) is 3.87. The van der Waals surface area contributed by atoms with Gasteiger partial charge in [-0.2, -0.15) is 0 Å². The largest absolute Gasteiger partial charge is 0.481 e. The molecular weight excluding hydrogens is 338 g/mol. The number of H-pyrrole nitrogens is 1. The second-order valence-corrected chi connectivity index (χ2v) is 7.35. The van der Waals surface area contributed by atoms with Crippen molar-refractivity contribution in [3.8, 4) is 0 Å². The van der Waals surface area contributed by atoms with Crippen molar-refractivity contribution < 1.29 is 19.4 Å². The van der Waals surface area contributed by atoms with Gasteiger partial charge in [-0.3, -0.25) is 4.79 Å². The van der Waals surface area contributed by atoms with Crippen LogP contribution in [0.1, 0.15) is 33.6 Å². The van der Waals surface area contributed by atoms with E-state index < -0.39 is 29.7 Å². The minimum Gasteiger partial charge on any atom is -0.481 e. The summed E-state index contributed by atoms with van der Waals surface area (Å²) in [5.74, 6) is -0.744. The highest BCUT2D eigenvalue weighted by molar-refractivity contribution is 5.87. The lowest BCUT2D eigenvalue weighted by atomic mass is 9.94. The van der Waals surface area contributed by atoms with Gasteiger partial charge in [0.05, 0.1) is 11.3 Å². The number of amides is 1. The fourth-order valence-corrected chi connectivity index (χ4v) is 3.11. The van der Waals surface area contributed by atoms with Gasteiger partial charge in [-0.15, -0.1) is 0 Å². The second-order valence-electron chi connectivity index (χ2n) is 7.35. The first-order chi connectivity index (χ1) is 12.2. The lowest BCUT2D eigenvalue weighted by Gasteiger charge is -2.39. The number of aromatic nitrogens is 3. The highest BCUT2D eigenvalue weighted by atomic mass is 16.6. The SMILES string of the molecule is CC(C)(C)OC(=O)NC1CC(C(=O)O)CCN1c1ncnc2[nH]ccc12. The van der Waals surface area contributed by atoms with Gasteiger partial charge < -0.3 is 25.0 Å². The van der Waals surface area contributed by atoms with Crippen LogP contribution >= 0.6 is 0 Å². The fraction of sp³-hybridized carbons (Fsp3) is 0.529. The first kappa shape index (κ1) is 18.0. The van der Waals surface area contributed by atoms with Gasteiger partial charge in [-0.1, -0.05) is 0 Å². The summed E-state index contributed by atoms with van der Waals surface area (Å²) in [6, 6.07) is 1.86. The number of alkyl carbamates (subject to hydrolysis) is 1. The highest BCUT2D eigenvalue weighted by Crippen LogP contribution is 2.30. The molecule has 1 saturated heterocycles. The highest BCUT2D eigenvalue weighted by Gasteiger charge is 2.35. The Bertz CT molecular complexity index is 813. The van der Waals surface area contributed by atoms with Crippen LogP contribution in [-0.2, 0) is 9.53 Å². The van der Waals surface area contributed by atoms with Crippen LogP contribution in [0.15, 0.2) is 18.6 Å². The number of carboxylic acid groups (broad SMARTS) is 1. The first-order valence-corrected chi connectivity index (χ1v) is 8.51. The minimum absolute atomic E-state index is 0.268. The van der Waals surface area contributed by atoms with Crippen molar-refractivity contribution in [1.29, 1.82) is 0 Å². The molecule has 1 aliphatic heterocycles. The van der Waals surface area contributed by atoms with E-state index in [1.54, 1.807) is 27.0 Å². The van der Waals surface area contributed by atoms with E-state index in [1.807, 2.05) is 11.0 Å². The molecule has 2 atom stereocenters. The molecule has 0 bridgehead atoms. The Labute approximate surface area is 150 Å². The summed E-state index contributed by atoms with van der Waals surface area (Å²) in [4.78, 5) is 37.2. The summed E-state index contributed by atoms with van der Waals surface area (Å²) < 4.78 is 5.33. The fourth-order valence-electron chi connectivity index (χ4n) is 3.11. The Balaban J connectivity index is 1.87. The van der Waals surface area contributed by atoms with Gasteiger partial charge in [-0.05, 0) is 39.7 Å². The van der Waals surface area contributed by atoms with E-state index in [4.69, 9.17) is 4.74 Å². The Hall–Kier alpha value is -2.84. The summed E-state index contributed by atoms with van der Waals surface area (Å²) in [6.45, 7) is 5.78. The number of piperidine rings is 1. The molecule has 2 aromatic rings. The van der Waals surface area contributed by atoms with E-state index in [0.717, 1.165) is 5.39 Å². The van der Waals surface area contributed by atoms with Gasteiger partial charge in [0.2, 0.25) is 0 Å². The lowest BCUT2D eigenvalue weighted by Crippen LogP contribution is -2.55. The average molecular weight is 361 g/mol. The van der Waals surface area contributed by atoms with Crippen LogP contribution in [0.3, 0.4) is 0 Å². The van der Waals surface area contributed by atoms with E-state index in [0.29, 0.717) is 24.4 Å². The number of hydrogen-bond donors (Lipinski definition) is 3. The number of carbonyl (C=O) groups is 2. The summed E-state index contributed by atoms with van der Waals surface area (Å²) in [7, 11) is 0. The topological polar surface area (TPSA) is 120 Å². The third-order valence-electron chi connectivity index (χ3n) is 4.24. The van der Waals surface area contributed by atoms with Crippen LogP contribution in [-0.4, -0.2) is 50.4 Å². The number of rotatable bonds is 3. The van der Waals surface area contributed by atoms with Gasteiger partial charge in [0, 0.05) is 12.7 Å². The molecule has 2 aromatic heterocycles.